The Morgan fingerprint density at radius 3 is 2.48 bits per heavy atom. The fourth-order valence-corrected chi connectivity index (χ4v) is 5.81. The average molecular weight is 393 g/mol. The third-order valence-corrected chi connectivity index (χ3v) is 7.49. The van der Waals surface area contributed by atoms with Crippen LogP contribution in [0.1, 0.15) is 30.4 Å². The van der Waals surface area contributed by atoms with E-state index in [1.807, 2.05) is 36.1 Å². The molecule has 148 valence electrons. The van der Waals surface area contributed by atoms with Crippen molar-refractivity contribution in [2.75, 3.05) is 31.6 Å². The van der Waals surface area contributed by atoms with Gasteiger partial charge in [0, 0.05) is 32.1 Å². The summed E-state index contributed by atoms with van der Waals surface area (Å²) in [5, 5.41) is 0. The van der Waals surface area contributed by atoms with Crippen LogP contribution >= 0.6 is 0 Å². The summed E-state index contributed by atoms with van der Waals surface area (Å²) in [5.74, 6) is 0.232. The van der Waals surface area contributed by atoms with Crippen molar-refractivity contribution in [1.82, 2.24) is 9.80 Å². The SMILES string of the molecule is Cc1cccc(CC(=O)N2CCC(C(=O)N(C)C3CCS(=O)(=O)C3)CC2)c1. The van der Waals surface area contributed by atoms with E-state index in [0.717, 1.165) is 11.1 Å². The van der Waals surface area contributed by atoms with Crippen molar-refractivity contribution in [2.24, 2.45) is 5.92 Å². The molecule has 0 N–H and O–H groups in total. The molecule has 1 unspecified atom stereocenters. The summed E-state index contributed by atoms with van der Waals surface area (Å²) < 4.78 is 23.3. The van der Waals surface area contributed by atoms with Gasteiger partial charge in [-0.15, -0.1) is 0 Å². The van der Waals surface area contributed by atoms with Gasteiger partial charge in [0.05, 0.1) is 17.9 Å². The lowest BCUT2D eigenvalue weighted by Gasteiger charge is -2.34. The lowest BCUT2D eigenvalue weighted by Crippen LogP contribution is -2.46. The van der Waals surface area contributed by atoms with Gasteiger partial charge in [-0.25, -0.2) is 8.42 Å². The maximum Gasteiger partial charge on any atom is 0.226 e. The quantitative estimate of drug-likeness (QED) is 0.777. The van der Waals surface area contributed by atoms with Crippen molar-refractivity contribution < 1.29 is 18.0 Å². The van der Waals surface area contributed by atoms with Gasteiger partial charge in [-0.3, -0.25) is 9.59 Å². The van der Waals surface area contributed by atoms with Crippen LogP contribution in [0.15, 0.2) is 24.3 Å². The first-order valence-electron chi connectivity index (χ1n) is 9.55. The summed E-state index contributed by atoms with van der Waals surface area (Å²) in [4.78, 5) is 28.7. The van der Waals surface area contributed by atoms with Gasteiger partial charge in [-0.1, -0.05) is 29.8 Å². The van der Waals surface area contributed by atoms with E-state index < -0.39 is 9.84 Å². The number of nitrogens with zero attached hydrogens (tertiary/aromatic N) is 2. The minimum absolute atomic E-state index is 0.0166. The third kappa shape index (κ3) is 4.89. The lowest BCUT2D eigenvalue weighted by molar-refractivity contribution is -0.140. The van der Waals surface area contributed by atoms with Crippen molar-refractivity contribution in [3.63, 3.8) is 0 Å². The molecule has 0 saturated carbocycles. The second kappa shape index (κ2) is 8.00. The van der Waals surface area contributed by atoms with Crippen LogP contribution in [0, 0.1) is 12.8 Å². The summed E-state index contributed by atoms with van der Waals surface area (Å²) in [6, 6.07) is 7.76. The molecule has 2 saturated heterocycles. The maximum absolute atomic E-state index is 12.7. The Bertz CT molecular complexity index is 813. The predicted molar refractivity (Wildman–Crippen MR) is 104 cm³/mol. The molecule has 2 amide bonds. The second-order valence-electron chi connectivity index (χ2n) is 7.83. The summed E-state index contributed by atoms with van der Waals surface area (Å²) in [6.07, 6.45) is 2.20. The molecule has 2 heterocycles. The number of carbonyl (C=O) groups is 2. The molecule has 2 aliphatic rings. The first-order chi connectivity index (χ1) is 12.7. The van der Waals surface area contributed by atoms with Gasteiger partial charge in [0.2, 0.25) is 11.8 Å². The summed E-state index contributed by atoms with van der Waals surface area (Å²) in [5.41, 5.74) is 2.15. The summed E-state index contributed by atoms with van der Waals surface area (Å²) in [7, 11) is -1.29. The molecule has 3 rings (SSSR count). The van der Waals surface area contributed by atoms with Crippen molar-refractivity contribution in [3.05, 3.63) is 35.4 Å². The molecule has 1 aromatic rings. The van der Waals surface area contributed by atoms with Gasteiger partial charge in [0.1, 0.15) is 0 Å². The van der Waals surface area contributed by atoms with Crippen LogP contribution in [0.5, 0.6) is 0 Å². The third-order valence-electron chi connectivity index (χ3n) is 5.74. The molecule has 1 aromatic carbocycles. The van der Waals surface area contributed by atoms with Gasteiger partial charge < -0.3 is 9.80 Å². The number of likely N-dealkylation sites (tertiary alicyclic amines) is 1. The van der Waals surface area contributed by atoms with Crippen LogP contribution in [0.2, 0.25) is 0 Å². The number of sulfone groups is 1. The lowest BCUT2D eigenvalue weighted by atomic mass is 9.94. The van der Waals surface area contributed by atoms with Gasteiger partial charge in [0.25, 0.3) is 0 Å². The Labute approximate surface area is 161 Å². The van der Waals surface area contributed by atoms with E-state index >= 15 is 0 Å². The van der Waals surface area contributed by atoms with Gasteiger partial charge in [-0.05, 0) is 31.7 Å². The molecule has 6 nitrogen and oxygen atoms in total. The fourth-order valence-electron chi connectivity index (χ4n) is 4.03. The van der Waals surface area contributed by atoms with Crippen LogP contribution < -0.4 is 0 Å². The average Bonchev–Trinajstić information content (AvgIpc) is 3.00. The number of hydrogen-bond acceptors (Lipinski definition) is 4. The molecule has 0 spiro atoms. The van der Waals surface area contributed by atoms with Crippen LogP contribution in [0.25, 0.3) is 0 Å². The summed E-state index contributed by atoms with van der Waals surface area (Å²) in [6.45, 7) is 3.17. The largest absolute Gasteiger partial charge is 0.342 e. The van der Waals surface area contributed by atoms with E-state index in [2.05, 4.69) is 0 Å². The maximum atomic E-state index is 12.7. The zero-order valence-corrected chi connectivity index (χ0v) is 16.9. The van der Waals surface area contributed by atoms with Crippen LogP contribution in [-0.4, -0.2) is 67.7 Å². The normalized spacial score (nSPS) is 22.6. The van der Waals surface area contributed by atoms with Crippen molar-refractivity contribution in [3.8, 4) is 0 Å². The Morgan fingerprint density at radius 2 is 1.89 bits per heavy atom. The number of carbonyl (C=O) groups excluding carboxylic acids is 2. The van der Waals surface area contributed by atoms with E-state index in [-0.39, 0.29) is 35.3 Å². The molecular formula is C20H28N2O4S. The molecule has 0 bridgehead atoms. The predicted octanol–water partition coefficient (Wildman–Crippen LogP) is 1.42. The fraction of sp³-hybridized carbons (Fsp3) is 0.600. The van der Waals surface area contributed by atoms with E-state index in [9.17, 15) is 18.0 Å². The van der Waals surface area contributed by atoms with Crippen molar-refractivity contribution >= 4 is 21.7 Å². The van der Waals surface area contributed by atoms with Crippen LogP contribution in [-0.2, 0) is 25.8 Å². The number of rotatable bonds is 4. The molecule has 0 aliphatic carbocycles. The Balaban J connectivity index is 1.51. The molecule has 1 atom stereocenters. The number of aryl methyl sites for hydroxylation is 1. The Morgan fingerprint density at radius 1 is 1.19 bits per heavy atom. The molecule has 7 heteroatoms. The molecule has 27 heavy (non-hydrogen) atoms. The summed E-state index contributed by atoms with van der Waals surface area (Å²) >= 11 is 0. The number of piperidine rings is 1. The van der Waals surface area contributed by atoms with E-state index in [4.69, 9.17) is 0 Å². The zero-order chi connectivity index (χ0) is 19.6. The monoisotopic (exact) mass is 392 g/mol. The molecule has 2 fully saturated rings. The zero-order valence-electron chi connectivity index (χ0n) is 16.1. The molecule has 0 aromatic heterocycles. The van der Waals surface area contributed by atoms with Gasteiger partial charge in [-0.2, -0.15) is 0 Å². The van der Waals surface area contributed by atoms with E-state index in [1.54, 1.807) is 11.9 Å². The Kier molecular flexibility index (Phi) is 5.89. The van der Waals surface area contributed by atoms with Crippen LogP contribution in [0.3, 0.4) is 0 Å². The smallest absolute Gasteiger partial charge is 0.226 e. The highest BCUT2D eigenvalue weighted by atomic mass is 32.2. The number of benzene rings is 1. The highest BCUT2D eigenvalue weighted by Gasteiger charge is 2.36. The highest BCUT2D eigenvalue weighted by molar-refractivity contribution is 7.91. The topological polar surface area (TPSA) is 74.8 Å². The minimum atomic E-state index is -3.00. The molecular weight excluding hydrogens is 364 g/mol. The minimum Gasteiger partial charge on any atom is -0.342 e. The highest BCUT2D eigenvalue weighted by Crippen LogP contribution is 2.24. The Hall–Kier alpha value is -1.89. The second-order valence-corrected chi connectivity index (χ2v) is 10.1. The van der Waals surface area contributed by atoms with Gasteiger partial charge >= 0.3 is 0 Å². The van der Waals surface area contributed by atoms with E-state index in [1.165, 1.54) is 0 Å². The number of hydrogen-bond donors (Lipinski definition) is 0. The van der Waals surface area contributed by atoms with Crippen molar-refractivity contribution in [2.45, 2.75) is 38.6 Å². The first-order valence-corrected chi connectivity index (χ1v) is 11.4. The first kappa shape index (κ1) is 19.9. The van der Waals surface area contributed by atoms with Crippen molar-refractivity contribution in [1.29, 1.82) is 0 Å². The standard InChI is InChI=1S/C20H28N2O4S/c1-15-4-3-5-16(12-15)13-19(23)22-9-6-17(7-10-22)20(24)21(2)18-8-11-27(25,26)14-18/h3-5,12,17-18H,6-11,13-14H2,1-2H3. The number of amides is 2. The van der Waals surface area contributed by atoms with Crippen LogP contribution in [0.4, 0.5) is 0 Å². The van der Waals surface area contributed by atoms with E-state index in [0.29, 0.717) is 38.8 Å². The molecule has 0 radical (unpaired) electrons. The van der Waals surface area contributed by atoms with Gasteiger partial charge in [0.15, 0.2) is 9.84 Å². The molecule has 2 aliphatic heterocycles.